The summed E-state index contributed by atoms with van der Waals surface area (Å²) in [4.78, 5) is 0.137. The Balaban J connectivity index is 2.93. The zero-order chi connectivity index (χ0) is 13.9. The van der Waals surface area contributed by atoms with Gasteiger partial charge in [0, 0.05) is 18.5 Å². The summed E-state index contributed by atoms with van der Waals surface area (Å²) in [6.07, 6.45) is 4.55. The summed E-state index contributed by atoms with van der Waals surface area (Å²) in [5.41, 5.74) is 6.01. The number of sulfone groups is 1. The van der Waals surface area contributed by atoms with E-state index in [1.54, 1.807) is 0 Å². The molecule has 104 valence electrons. The number of nitrogens with two attached hydrogens (primary N) is 1. The molecule has 0 aliphatic rings. The standard InChI is InChI=1S/C11H21N3O3S/c1-8(2)4-10(12)11(7-15)14-6-9(5-13-14)18(3,16)17/h5-6,8,10-11,15H,4,7,12H2,1-3H3. The first-order chi connectivity index (χ1) is 8.25. The van der Waals surface area contributed by atoms with Crippen LogP contribution in [0.2, 0.25) is 0 Å². The molecule has 0 aliphatic heterocycles. The Hall–Kier alpha value is -0.920. The zero-order valence-electron chi connectivity index (χ0n) is 10.9. The number of hydrogen-bond acceptors (Lipinski definition) is 5. The fourth-order valence-electron chi connectivity index (χ4n) is 1.81. The number of aliphatic hydroxyl groups is 1. The first kappa shape index (κ1) is 15.1. The van der Waals surface area contributed by atoms with Crippen LogP contribution in [-0.4, -0.2) is 42.2 Å². The molecule has 0 spiro atoms. The van der Waals surface area contributed by atoms with Crippen LogP contribution in [0.15, 0.2) is 17.3 Å². The molecule has 3 N–H and O–H groups in total. The van der Waals surface area contributed by atoms with Gasteiger partial charge in [0.1, 0.15) is 4.90 Å². The van der Waals surface area contributed by atoms with Crippen LogP contribution in [0.1, 0.15) is 26.3 Å². The summed E-state index contributed by atoms with van der Waals surface area (Å²) in [6, 6.07) is -0.662. The molecule has 0 saturated heterocycles. The van der Waals surface area contributed by atoms with E-state index in [0.29, 0.717) is 5.92 Å². The highest BCUT2D eigenvalue weighted by Gasteiger charge is 2.22. The SMILES string of the molecule is CC(C)CC(N)C(CO)n1cc(S(C)(=O)=O)cn1. The summed E-state index contributed by atoms with van der Waals surface area (Å²) in [7, 11) is -3.28. The van der Waals surface area contributed by atoms with Crippen LogP contribution in [0.3, 0.4) is 0 Å². The highest BCUT2D eigenvalue weighted by atomic mass is 32.2. The summed E-state index contributed by atoms with van der Waals surface area (Å²) in [5.74, 6) is 0.402. The second-order valence-corrected chi connectivity index (χ2v) is 6.99. The molecule has 18 heavy (non-hydrogen) atoms. The second kappa shape index (κ2) is 5.81. The molecule has 2 atom stereocenters. The Morgan fingerprint density at radius 2 is 2.11 bits per heavy atom. The van der Waals surface area contributed by atoms with Gasteiger partial charge in [0.25, 0.3) is 0 Å². The van der Waals surface area contributed by atoms with Crippen LogP contribution in [-0.2, 0) is 9.84 Å². The minimum atomic E-state index is -3.28. The molecule has 2 unspecified atom stereocenters. The van der Waals surface area contributed by atoms with E-state index in [0.717, 1.165) is 12.7 Å². The van der Waals surface area contributed by atoms with Crippen molar-refractivity contribution < 1.29 is 13.5 Å². The zero-order valence-corrected chi connectivity index (χ0v) is 11.8. The smallest absolute Gasteiger partial charge is 0.178 e. The quantitative estimate of drug-likeness (QED) is 0.772. The largest absolute Gasteiger partial charge is 0.394 e. The predicted octanol–water partition coefficient (Wildman–Crippen LogP) is 0.193. The molecular weight excluding hydrogens is 254 g/mol. The lowest BCUT2D eigenvalue weighted by molar-refractivity contribution is 0.187. The van der Waals surface area contributed by atoms with E-state index in [4.69, 9.17) is 5.73 Å². The third-order valence-electron chi connectivity index (χ3n) is 2.77. The van der Waals surface area contributed by atoms with E-state index in [1.165, 1.54) is 17.1 Å². The van der Waals surface area contributed by atoms with E-state index in [1.807, 2.05) is 13.8 Å². The number of rotatable bonds is 6. The Kier molecular flexibility index (Phi) is 4.89. The number of aromatic nitrogens is 2. The molecule has 0 aliphatic carbocycles. The molecule has 1 aromatic rings. The van der Waals surface area contributed by atoms with Crippen LogP contribution in [0.5, 0.6) is 0 Å². The Bertz CT molecular complexity index is 481. The second-order valence-electron chi connectivity index (χ2n) is 4.97. The molecule has 1 heterocycles. The molecule has 1 rings (SSSR count). The van der Waals surface area contributed by atoms with Crippen molar-refractivity contribution in [2.45, 2.75) is 37.2 Å². The average Bonchev–Trinajstić information content (AvgIpc) is 2.66. The van der Waals surface area contributed by atoms with Crippen molar-refractivity contribution in [2.75, 3.05) is 12.9 Å². The predicted molar refractivity (Wildman–Crippen MR) is 68.9 cm³/mol. The molecule has 0 amide bonds. The molecule has 0 radical (unpaired) electrons. The van der Waals surface area contributed by atoms with Gasteiger partial charge in [-0.15, -0.1) is 0 Å². The van der Waals surface area contributed by atoms with Crippen molar-refractivity contribution in [3.63, 3.8) is 0 Å². The maximum Gasteiger partial charge on any atom is 0.178 e. The summed E-state index contributed by atoms with van der Waals surface area (Å²) in [6.45, 7) is 3.91. The lowest BCUT2D eigenvalue weighted by Gasteiger charge is -2.23. The molecule has 0 saturated carbocycles. The Labute approximate surface area is 108 Å². The van der Waals surface area contributed by atoms with Gasteiger partial charge in [-0.05, 0) is 12.3 Å². The summed E-state index contributed by atoms with van der Waals surface area (Å²) >= 11 is 0. The van der Waals surface area contributed by atoms with Crippen LogP contribution < -0.4 is 5.73 Å². The highest BCUT2D eigenvalue weighted by molar-refractivity contribution is 7.90. The van der Waals surface area contributed by atoms with Gasteiger partial charge in [-0.3, -0.25) is 4.68 Å². The lowest BCUT2D eigenvalue weighted by Crippen LogP contribution is -2.36. The number of nitrogens with zero attached hydrogens (tertiary/aromatic N) is 2. The van der Waals surface area contributed by atoms with Gasteiger partial charge < -0.3 is 10.8 Å². The van der Waals surface area contributed by atoms with Crippen molar-refractivity contribution in [1.29, 1.82) is 0 Å². The molecule has 7 heteroatoms. The van der Waals surface area contributed by atoms with Gasteiger partial charge in [-0.1, -0.05) is 13.8 Å². The van der Waals surface area contributed by atoms with Crippen molar-refractivity contribution in [1.82, 2.24) is 9.78 Å². The monoisotopic (exact) mass is 275 g/mol. The van der Waals surface area contributed by atoms with Gasteiger partial charge in [-0.2, -0.15) is 5.10 Å². The maximum atomic E-state index is 11.4. The Morgan fingerprint density at radius 3 is 2.50 bits per heavy atom. The summed E-state index contributed by atoms with van der Waals surface area (Å²) < 4.78 is 24.1. The van der Waals surface area contributed by atoms with E-state index in [-0.39, 0.29) is 17.5 Å². The van der Waals surface area contributed by atoms with Crippen LogP contribution in [0.4, 0.5) is 0 Å². The van der Waals surface area contributed by atoms with E-state index in [2.05, 4.69) is 5.10 Å². The molecule has 0 bridgehead atoms. The number of aliphatic hydroxyl groups excluding tert-OH is 1. The van der Waals surface area contributed by atoms with Crippen LogP contribution in [0, 0.1) is 5.92 Å². The molecule has 1 aromatic heterocycles. The lowest BCUT2D eigenvalue weighted by atomic mass is 9.99. The third-order valence-corrected chi connectivity index (χ3v) is 3.84. The normalized spacial score (nSPS) is 15.9. The van der Waals surface area contributed by atoms with E-state index >= 15 is 0 Å². The van der Waals surface area contributed by atoms with Gasteiger partial charge in [0.2, 0.25) is 0 Å². The van der Waals surface area contributed by atoms with Crippen LogP contribution in [0.25, 0.3) is 0 Å². The first-order valence-corrected chi connectivity index (χ1v) is 7.75. The van der Waals surface area contributed by atoms with Gasteiger partial charge in [0.15, 0.2) is 9.84 Å². The fraction of sp³-hybridized carbons (Fsp3) is 0.727. The van der Waals surface area contributed by atoms with Gasteiger partial charge in [0.05, 0.1) is 18.8 Å². The summed E-state index contributed by atoms with van der Waals surface area (Å²) in [5, 5.41) is 13.4. The maximum absolute atomic E-state index is 11.4. The molecular formula is C11H21N3O3S. The average molecular weight is 275 g/mol. The first-order valence-electron chi connectivity index (χ1n) is 5.86. The van der Waals surface area contributed by atoms with Crippen molar-refractivity contribution in [3.8, 4) is 0 Å². The van der Waals surface area contributed by atoms with Crippen molar-refractivity contribution >= 4 is 9.84 Å². The number of hydrogen-bond donors (Lipinski definition) is 2. The van der Waals surface area contributed by atoms with E-state index in [9.17, 15) is 13.5 Å². The minimum absolute atomic E-state index is 0.137. The molecule has 0 fully saturated rings. The Morgan fingerprint density at radius 1 is 1.50 bits per heavy atom. The van der Waals surface area contributed by atoms with Crippen molar-refractivity contribution in [2.24, 2.45) is 11.7 Å². The third kappa shape index (κ3) is 3.79. The minimum Gasteiger partial charge on any atom is -0.394 e. The van der Waals surface area contributed by atoms with Gasteiger partial charge >= 0.3 is 0 Å². The molecule has 0 aromatic carbocycles. The van der Waals surface area contributed by atoms with Gasteiger partial charge in [-0.25, -0.2) is 8.42 Å². The van der Waals surface area contributed by atoms with Crippen molar-refractivity contribution in [3.05, 3.63) is 12.4 Å². The topological polar surface area (TPSA) is 98.2 Å². The highest BCUT2D eigenvalue weighted by Crippen LogP contribution is 2.17. The van der Waals surface area contributed by atoms with E-state index < -0.39 is 15.9 Å². The van der Waals surface area contributed by atoms with Crippen LogP contribution >= 0.6 is 0 Å². The molecule has 6 nitrogen and oxygen atoms in total. The fourth-order valence-corrected chi connectivity index (χ4v) is 2.35.